The molecule has 0 saturated carbocycles. The van der Waals surface area contributed by atoms with Gasteiger partial charge in [-0.3, -0.25) is 4.79 Å². The molecule has 0 aliphatic rings. The summed E-state index contributed by atoms with van der Waals surface area (Å²) in [6.45, 7) is 3.08. The lowest BCUT2D eigenvalue weighted by Crippen LogP contribution is -2.30. The Hall–Kier alpha value is -3.03. The maximum absolute atomic E-state index is 12.5. The predicted molar refractivity (Wildman–Crippen MR) is 90.5 cm³/mol. The molecule has 3 N–H and O–H groups in total. The molecule has 2 aromatic carbocycles. The number of halogens is 3. The molecule has 0 spiro atoms. The lowest BCUT2D eigenvalue weighted by atomic mass is 10.1. The lowest BCUT2D eigenvalue weighted by molar-refractivity contribution is -0.137. The molecule has 2 aromatic rings. The van der Waals surface area contributed by atoms with Crippen molar-refractivity contribution in [2.24, 2.45) is 0 Å². The van der Waals surface area contributed by atoms with Gasteiger partial charge in [0.15, 0.2) is 6.10 Å². The third kappa shape index (κ3) is 4.53. The van der Waals surface area contributed by atoms with E-state index < -0.39 is 29.7 Å². The molecule has 8 heteroatoms. The summed E-state index contributed by atoms with van der Waals surface area (Å²) in [6, 6.07) is 8.77. The summed E-state index contributed by atoms with van der Waals surface area (Å²) in [5.41, 5.74) is 6.23. The van der Waals surface area contributed by atoms with Crippen LogP contribution in [-0.4, -0.2) is 18.0 Å². The van der Waals surface area contributed by atoms with Crippen molar-refractivity contribution in [1.29, 1.82) is 0 Å². The molecule has 138 valence electrons. The van der Waals surface area contributed by atoms with Gasteiger partial charge in [-0.25, -0.2) is 4.79 Å². The maximum Gasteiger partial charge on any atom is 0.416 e. The van der Waals surface area contributed by atoms with Gasteiger partial charge in [-0.1, -0.05) is 12.1 Å². The minimum absolute atomic E-state index is 0.138. The van der Waals surface area contributed by atoms with E-state index in [-0.39, 0.29) is 16.9 Å². The quantitative estimate of drug-likeness (QED) is 0.637. The Morgan fingerprint density at radius 3 is 2.31 bits per heavy atom. The molecular formula is C18H17F3N2O3. The van der Waals surface area contributed by atoms with Gasteiger partial charge in [-0.05, 0) is 49.7 Å². The van der Waals surface area contributed by atoms with Crippen molar-refractivity contribution in [1.82, 2.24) is 0 Å². The highest BCUT2D eigenvalue weighted by molar-refractivity contribution is 5.99. The van der Waals surface area contributed by atoms with Gasteiger partial charge in [0.05, 0.1) is 11.1 Å². The third-order valence-corrected chi connectivity index (χ3v) is 3.68. The number of amides is 1. The molecule has 1 amide bonds. The van der Waals surface area contributed by atoms with Crippen molar-refractivity contribution in [3.8, 4) is 0 Å². The van der Waals surface area contributed by atoms with Gasteiger partial charge in [0, 0.05) is 11.4 Å². The average molecular weight is 366 g/mol. The van der Waals surface area contributed by atoms with Crippen LogP contribution in [-0.2, 0) is 15.7 Å². The van der Waals surface area contributed by atoms with Crippen LogP contribution < -0.4 is 11.1 Å². The number of esters is 1. The molecule has 0 aliphatic heterocycles. The van der Waals surface area contributed by atoms with Crippen LogP contribution >= 0.6 is 0 Å². The molecule has 1 atom stereocenters. The number of nitrogens with one attached hydrogen (secondary N) is 1. The topological polar surface area (TPSA) is 81.4 Å². The van der Waals surface area contributed by atoms with Gasteiger partial charge in [0.2, 0.25) is 0 Å². The zero-order chi connectivity index (χ0) is 19.5. The van der Waals surface area contributed by atoms with Crippen LogP contribution in [0.5, 0.6) is 0 Å². The van der Waals surface area contributed by atoms with Crippen LogP contribution in [0.4, 0.5) is 24.5 Å². The Bertz CT molecular complexity index is 817. The number of alkyl halides is 3. The summed E-state index contributed by atoms with van der Waals surface area (Å²) in [5.74, 6) is -1.44. The van der Waals surface area contributed by atoms with Gasteiger partial charge in [0.25, 0.3) is 5.91 Å². The maximum atomic E-state index is 12.5. The van der Waals surface area contributed by atoms with Crippen molar-refractivity contribution in [2.45, 2.75) is 26.1 Å². The van der Waals surface area contributed by atoms with Crippen molar-refractivity contribution in [3.63, 3.8) is 0 Å². The summed E-state index contributed by atoms with van der Waals surface area (Å²) >= 11 is 0. The molecular weight excluding hydrogens is 349 g/mol. The van der Waals surface area contributed by atoms with E-state index in [1.165, 1.54) is 13.0 Å². The summed E-state index contributed by atoms with van der Waals surface area (Å²) in [6.07, 6.45) is -5.62. The van der Waals surface area contributed by atoms with Crippen molar-refractivity contribution >= 4 is 23.3 Å². The summed E-state index contributed by atoms with van der Waals surface area (Å²) in [5, 5.41) is 2.39. The number of rotatable bonds is 4. The Kier molecular flexibility index (Phi) is 5.54. The van der Waals surface area contributed by atoms with Crippen molar-refractivity contribution in [3.05, 3.63) is 59.2 Å². The monoisotopic (exact) mass is 366 g/mol. The zero-order valence-electron chi connectivity index (χ0n) is 14.1. The zero-order valence-corrected chi connectivity index (χ0v) is 14.1. The van der Waals surface area contributed by atoms with E-state index in [0.717, 1.165) is 24.3 Å². The van der Waals surface area contributed by atoms with E-state index in [2.05, 4.69) is 5.32 Å². The molecule has 0 heterocycles. The highest BCUT2D eigenvalue weighted by Gasteiger charge is 2.30. The van der Waals surface area contributed by atoms with Crippen molar-refractivity contribution in [2.75, 3.05) is 11.1 Å². The van der Waals surface area contributed by atoms with Crippen LogP contribution in [0.25, 0.3) is 0 Å². The number of aryl methyl sites for hydroxylation is 1. The molecule has 0 radical (unpaired) electrons. The highest BCUT2D eigenvalue weighted by Crippen LogP contribution is 2.29. The minimum atomic E-state index is -4.46. The summed E-state index contributed by atoms with van der Waals surface area (Å²) in [7, 11) is 0. The highest BCUT2D eigenvalue weighted by atomic mass is 19.4. The smallest absolute Gasteiger partial charge is 0.416 e. The average Bonchev–Trinajstić information content (AvgIpc) is 2.56. The van der Waals surface area contributed by atoms with Gasteiger partial charge in [-0.2, -0.15) is 13.2 Å². The van der Waals surface area contributed by atoms with E-state index in [1.807, 2.05) is 0 Å². The first-order valence-electron chi connectivity index (χ1n) is 7.64. The van der Waals surface area contributed by atoms with Gasteiger partial charge >= 0.3 is 12.1 Å². The fourth-order valence-electron chi connectivity index (χ4n) is 2.12. The Morgan fingerprint density at radius 1 is 1.12 bits per heavy atom. The number of hydrogen-bond acceptors (Lipinski definition) is 4. The van der Waals surface area contributed by atoms with Crippen LogP contribution in [0.3, 0.4) is 0 Å². The van der Waals surface area contributed by atoms with Crippen LogP contribution in [0.1, 0.15) is 28.4 Å². The number of nitrogens with two attached hydrogens (primary N) is 1. The van der Waals surface area contributed by atoms with Crippen LogP contribution in [0.2, 0.25) is 0 Å². The fraction of sp³-hybridized carbons (Fsp3) is 0.222. The Morgan fingerprint density at radius 2 is 1.73 bits per heavy atom. The van der Waals surface area contributed by atoms with E-state index in [1.54, 1.807) is 19.1 Å². The molecule has 26 heavy (non-hydrogen) atoms. The van der Waals surface area contributed by atoms with Gasteiger partial charge < -0.3 is 15.8 Å². The predicted octanol–water partition coefficient (Wildman–Crippen LogP) is 3.78. The van der Waals surface area contributed by atoms with Crippen molar-refractivity contribution < 1.29 is 27.5 Å². The first kappa shape index (κ1) is 19.3. The number of anilines is 2. The molecule has 2 rings (SSSR count). The van der Waals surface area contributed by atoms with E-state index in [0.29, 0.717) is 5.56 Å². The number of para-hydroxylation sites is 1. The first-order chi connectivity index (χ1) is 12.1. The molecule has 5 nitrogen and oxygen atoms in total. The number of ether oxygens (including phenoxy) is 1. The molecule has 0 aliphatic carbocycles. The van der Waals surface area contributed by atoms with Gasteiger partial charge in [0.1, 0.15) is 0 Å². The van der Waals surface area contributed by atoms with E-state index in [4.69, 9.17) is 10.5 Å². The fourth-order valence-corrected chi connectivity index (χ4v) is 2.12. The minimum Gasteiger partial charge on any atom is -0.449 e. The van der Waals surface area contributed by atoms with Crippen LogP contribution in [0, 0.1) is 6.92 Å². The Labute approximate surface area is 148 Å². The second-order valence-corrected chi connectivity index (χ2v) is 5.65. The van der Waals surface area contributed by atoms with Gasteiger partial charge in [-0.15, -0.1) is 0 Å². The number of carbonyl (C=O) groups excluding carboxylic acids is 2. The molecule has 0 saturated heterocycles. The normalized spacial score (nSPS) is 12.3. The van der Waals surface area contributed by atoms with E-state index >= 15 is 0 Å². The largest absolute Gasteiger partial charge is 0.449 e. The number of hydrogen-bond donors (Lipinski definition) is 2. The molecule has 0 fully saturated rings. The molecule has 1 unspecified atom stereocenters. The standard InChI is InChI=1S/C18H17F3N2O3/c1-10-4-3-5-14(15(10)22)17(25)26-11(2)16(24)23-13-8-6-12(7-9-13)18(19,20)21/h3-9,11H,22H2,1-2H3,(H,23,24). The van der Waals surface area contributed by atoms with Crippen LogP contribution in [0.15, 0.2) is 42.5 Å². The number of carbonyl (C=O) groups is 2. The van der Waals surface area contributed by atoms with E-state index in [9.17, 15) is 22.8 Å². The third-order valence-electron chi connectivity index (χ3n) is 3.68. The molecule has 0 aromatic heterocycles. The molecule has 0 bridgehead atoms. The first-order valence-corrected chi connectivity index (χ1v) is 7.64. The summed E-state index contributed by atoms with van der Waals surface area (Å²) in [4.78, 5) is 24.2. The Balaban J connectivity index is 2.01. The second-order valence-electron chi connectivity index (χ2n) is 5.65. The SMILES string of the molecule is Cc1cccc(C(=O)OC(C)C(=O)Nc2ccc(C(F)(F)F)cc2)c1N. The number of benzene rings is 2. The summed E-state index contributed by atoms with van der Waals surface area (Å²) < 4.78 is 42.6. The second kappa shape index (κ2) is 7.47. The number of nitrogen functional groups attached to an aromatic ring is 1. The lowest BCUT2D eigenvalue weighted by Gasteiger charge is -2.15.